The molecule has 172 valence electrons. The smallest absolute Gasteiger partial charge is 0.261 e. The standard InChI is InChI=1S/C23H35N5O2.HI/c1-3-4-14-27-16-11-18(12-17-27)26-23(24-2)25-13-7-8-15-28-21(29)19-9-5-6-10-20(19)22(28)30;/h5-6,9-10,18H,3-4,7-8,11-17H2,1-2H3,(H2,24,25,26);1H. The number of nitrogens with zero attached hydrogens (tertiary/aromatic N) is 3. The van der Waals surface area contributed by atoms with Gasteiger partial charge in [-0.3, -0.25) is 19.5 Å². The van der Waals surface area contributed by atoms with E-state index in [1.54, 1.807) is 31.3 Å². The van der Waals surface area contributed by atoms with Crippen molar-refractivity contribution in [2.24, 2.45) is 4.99 Å². The maximum absolute atomic E-state index is 12.4. The highest BCUT2D eigenvalue weighted by molar-refractivity contribution is 14.0. The SMILES string of the molecule is CCCCN1CCC(NC(=NC)NCCCCN2C(=O)c3ccccc3C2=O)CC1.I. The van der Waals surface area contributed by atoms with Crippen LogP contribution in [0.15, 0.2) is 29.3 Å². The van der Waals surface area contributed by atoms with E-state index in [2.05, 4.69) is 27.4 Å². The van der Waals surface area contributed by atoms with Gasteiger partial charge in [0, 0.05) is 39.3 Å². The number of guanidine groups is 1. The molecule has 0 unspecified atom stereocenters. The molecule has 1 fully saturated rings. The lowest BCUT2D eigenvalue weighted by atomic mass is 10.0. The van der Waals surface area contributed by atoms with Crippen molar-refractivity contribution in [3.8, 4) is 0 Å². The van der Waals surface area contributed by atoms with E-state index in [1.165, 1.54) is 24.3 Å². The van der Waals surface area contributed by atoms with Crippen LogP contribution in [-0.4, -0.2) is 73.4 Å². The normalized spacial score (nSPS) is 17.5. The van der Waals surface area contributed by atoms with Crippen LogP contribution >= 0.6 is 24.0 Å². The third kappa shape index (κ3) is 6.90. The number of nitrogens with one attached hydrogen (secondary N) is 2. The van der Waals surface area contributed by atoms with E-state index in [1.807, 2.05) is 0 Å². The van der Waals surface area contributed by atoms with Gasteiger partial charge in [0.25, 0.3) is 11.8 Å². The fourth-order valence-electron chi connectivity index (χ4n) is 4.11. The maximum Gasteiger partial charge on any atom is 0.261 e. The predicted octanol–water partition coefficient (Wildman–Crippen LogP) is 3.11. The van der Waals surface area contributed by atoms with Crippen molar-refractivity contribution in [1.82, 2.24) is 20.4 Å². The predicted molar refractivity (Wildman–Crippen MR) is 135 cm³/mol. The van der Waals surface area contributed by atoms with Crippen LogP contribution < -0.4 is 10.6 Å². The van der Waals surface area contributed by atoms with Gasteiger partial charge in [0.05, 0.1) is 11.1 Å². The summed E-state index contributed by atoms with van der Waals surface area (Å²) in [5, 5.41) is 6.90. The van der Waals surface area contributed by atoms with Crippen molar-refractivity contribution < 1.29 is 9.59 Å². The molecule has 2 aliphatic rings. The minimum Gasteiger partial charge on any atom is -0.356 e. The molecule has 7 nitrogen and oxygen atoms in total. The first-order chi connectivity index (χ1) is 14.6. The van der Waals surface area contributed by atoms with E-state index in [0.29, 0.717) is 23.7 Å². The summed E-state index contributed by atoms with van der Waals surface area (Å²) in [6.45, 7) is 6.96. The molecule has 2 heterocycles. The number of benzene rings is 1. The Morgan fingerprint density at radius 1 is 1.03 bits per heavy atom. The third-order valence-electron chi connectivity index (χ3n) is 5.96. The lowest BCUT2D eigenvalue weighted by Crippen LogP contribution is -2.49. The average molecular weight is 541 g/mol. The number of likely N-dealkylation sites (tertiary alicyclic amines) is 1. The summed E-state index contributed by atoms with van der Waals surface area (Å²) in [4.78, 5) is 33.0. The zero-order chi connectivity index (χ0) is 21.3. The van der Waals surface area contributed by atoms with E-state index >= 15 is 0 Å². The number of hydrogen-bond acceptors (Lipinski definition) is 4. The first-order valence-corrected chi connectivity index (χ1v) is 11.3. The number of halogens is 1. The van der Waals surface area contributed by atoms with Crippen LogP contribution in [0.1, 0.15) is 66.2 Å². The van der Waals surface area contributed by atoms with Crippen LogP contribution in [0.4, 0.5) is 0 Å². The van der Waals surface area contributed by atoms with Gasteiger partial charge in [0.15, 0.2) is 5.96 Å². The summed E-state index contributed by atoms with van der Waals surface area (Å²) in [6, 6.07) is 7.51. The molecule has 3 rings (SSSR count). The minimum absolute atomic E-state index is 0. The molecule has 1 saturated heterocycles. The molecule has 1 aromatic carbocycles. The molecule has 2 aliphatic heterocycles. The van der Waals surface area contributed by atoms with Gasteiger partial charge in [0.2, 0.25) is 0 Å². The number of aliphatic imine (C=N–C) groups is 1. The van der Waals surface area contributed by atoms with Gasteiger partial charge in [0.1, 0.15) is 0 Å². The van der Waals surface area contributed by atoms with Crippen molar-refractivity contribution in [3.63, 3.8) is 0 Å². The van der Waals surface area contributed by atoms with Crippen LogP contribution in [0.3, 0.4) is 0 Å². The summed E-state index contributed by atoms with van der Waals surface area (Å²) < 4.78 is 0. The molecule has 0 saturated carbocycles. The molecule has 2 amide bonds. The summed E-state index contributed by atoms with van der Waals surface area (Å²) in [6.07, 6.45) is 6.45. The number of piperidine rings is 1. The highest BCUT2D eigenvalue weighted by atomic mass is 127. The Hall–Kier alpha value is -1.68. The molecule has 0 spiro atoms. The molecule has 2 N–H and O–H groups in total. The van der Waals surface area contributed by atoms with Gasteiger partial charge >= 0.3 is 0 Å². The van der Waals surface area contributed by atoms with Gasteiger partial charge in [-0.05, 0) is 50.8 Å². The Kier molecular flexibility index (Phi) is 10.7. The summed E-state index contributed by atoms with van der Waals surface area (Å²) >= 11 is 0. The Balaban J connectivity index is 0.00000341. The zero-order valence-corrected chi connectivity index (χ0v) is 21.1. The molecule has 8 heteroatoms. The van der Waals surface area contributed by atoms with E-state index in [4.69, 9.17) is 0 Å². The minimum atomic E-state index is -0.175. The first kappa shape index (κ1) is 25.6. The summed E-state index contributed by atoms with van der Waals surface area (Å²) in [5.74, 6) is 0.486. The number of imide groups is 1. The zero-order valence-electron chi connectivity index (χ0n) is 18.7. The molecule has 0 aromatic heterocycles. The fourth-order valence-corrected chi connectivity index (χ4v) is 4.11. The van der Waals surface area contributed by atoms with Gasteiger partial charge in [-0.1, -0.05) is 25.5 Å². The van der Waals surface area contributed by atoms with Crippen molar-refractivity contribution >= 4 is 41.8 Å². The second-order valence-corrected chi connectivity index (χ2v) is 8.13. The molecule has 0 atom stereocenters. The molecule has 0 radical (unpaired) electrons. The number of amides is 2. The Labute approximate surface area is 203 Å². The topological polar surface area (TPSA) is 77.0 Å². The van der Waals surface area contributed by atoms with E-state index in [0.717, 1.165) is 51.3 Å². The maximum atomic E-state index is 12.4. The molecule has 0 aliphatic carbocycles. The fraction of sp³-hybridized carbons (Fsp3) is 0.609. The van der Waals surface area contributed by atoms with Gasteiger partial charge in [-0.15, -0.1) is 24.0 Å². The van der Waals surface area contributed by atoms with Crippen molar-refractivity contribution in [2.45, 2.75) is 51.5 Å². The molecule has 1 aromatic rings. The summed E-state index contributed by atoms with van der Waals surface area (Å²) in [5.41, 5.74) is 1.04. The molecule has 0 bridgehead atoms. The van der Waals surface area contributed by atoms with E-state index < -0.39 is 0 Å². The number of hydrogen-bond donors (Lipinski definition) is 2. The highest BCUT2D eigenvalue weighted by Crippen LogP contribution is 2.22. The van der Waals surface area contributed by atoms with Gasteiger partial charge in [-0.2, -0.15) is 0 Å². The second kappa shape index (κ2) is 13.0. The van der Waals surface area contributed by atoms with Crippen LogP contribution in [0, 0.1) is 0 Å². The lowest BCUT2D eigenvalue weighted by molar-refractivity contribution is 0.0652. The molecule has 31 heavy (non-hydrogen) atoms. The second-order valence-electron chi connectivity index (χ2n) is 8.13. The Morgan fingerprint density at radius 3 is 2.26 bits per heavy atom. The molecular formula is C23H36IN5O2. The van der Waals surface area contributed by atoms with Crippen molar-refractivity contribution in [3.05, 3.63) is 35.4 Å². The van der Waals surface area contributed by atoms with Crippen LogP contribution in [0.5, 0.6) is 0 Å². The first-order valence-electron chi connectivity index (χ1n) is 11.3. The van der Waals surface area contributed by atoms with Gasteiger partial charge < -0.3 is 15.5 Å². The number of unbranched alkanes of at least 4 members (excludes halogenated alkanes) is 2. The Bertz CT molecular complexity index is 727. The lowest BCUT2D eigenvalue weighted by Gasteiger charge is -2.33. The van der Waals surface area contributed by atoms with Crippen LogP contribution in [0.25, 0.3) is 0 Å². The largest absolute Gasteiger partial charge is 0.356 e. The average Bonchev–Trinajstić information content (AvgIpc) is 3.02. The number of fused-ring (bicyclic) bond motifs is 1. The monoisotopic (exact) mass is 541 g/mol. The highest BCUT2D eigenvalue weighted by Gasteiger charge is 2.34. The number of carbonyl (C=O) groups is 2. The summed E-state index contributed by atoms with van der Waals surface area (Å²) in [7, 11) is 1.80. The van der Waals surface area contributed by atoms with E-state index in [-0.39, 0.29) is 35.8 Å². The van der Waals surface area contributed by atoms with Crippen molar-refractivity contribution in [1.29, 1.82) is 0 Å². The number of rotatable bonds is 9. The molecular weight excluding hydrogens is 505 g/mol. The number of carbonyl (C=O) groups excluding carboxylic acids is 2. The quantitative estimate of drug-likeness (QED) is 0.165. The Morgan fingerprint density at radius 2 is 1.68 bits per heavy atom. The third-order valence-corrected chi connectivity index (χ3v) is 5.96. The van der Waals surface area contributed by atoms with Crippen LogP contribution in [-0.2, 0) is 0 Å². The van der Waals surface area contributed by atoms with Gasteiger partial charge in [-0.25, -0.2) is 0 Å². The van der Waals surface area contributed by atoms with Crippen LogP contribution in [0.2, 0.25) is 0 Å². The van der Waals surface area contributed by atoms with E-state index in [9.17, 15) is 9.59 Å². The van der Waals surface area contributed by atoms with Crippen molar-refractivity contribution in [2.75, 3.05) is 39.8 Å².